The zero-order valence-electron chi connectivity index (χ0n) is 13.9. The fourth-order valence-corrected chi connectivity index (χ4v) is 2.88. The molecule has 0 fully saturated rings. The van der Waals surface area contributed by atoms with Crippen molar-refractivity contribution in [2.45, 2.75) is 91.6 Å². The smallest absolute Gasteiger partial charge is 0.0657 e. The number of rotatable bonds is 10. The second-order valence-corrected chi connectivity index (χ2v) is 5.90. The summed E-state index contributed by atoms with van der Waals surface area (Å²) in [5, 5.41) is 4.83. The zero-order chi connectivity index (χ0) is 15.0. The van der Waals surface area contributed by atoms with Crippen LogP contribution < -0.4 is 5.73 Å². The zero-order valence-corrected chi connectivity index (χ0v) is 13.9. The Balaban J connectivity index is 2.72. The summed E-state index contributed by atoms with van der Waals surface area (Å²) in [4.78, 5) is 0. The molecule has 0 bridgehead atoms. The fraction of sp³-hybridized carbons (Fsp3) is 0.824. The molecule has 0 saturated carbocycles. The van der Waals surface area contributed by atoms with Crippen LogP contribution in [0.25, 0.3) is 0 Å². The Morgan fingerprint density at radius 1 is 1.05 bits per heavy atom. The van der Waals surface area contributed by atoms with E-state index in [2.05, 4.69) is 32.4 Å². The molecule has 1 aromatic heterocycles. The summed E-state index contributed by atoms with van der Waals surface area (Å²) in [6.45, 7) is 9.84. The maximum Gasteiger partial charge on any atom is 0.0657 e. The van der Waals surface area contributed by atoms with Gasteiger partial charge in [0.05, 0.1) is 5.69 Å². The molecule has 0 saturated heterocycles. The molecule has 0 aliphatic heterocycles. The summed E-state index contributed by atoms with van der Waals surface area (Å²) in [6, 6.07) is 0.216. The van der Waals surface area contributed by atoms with Crippen molar-refractivity contribution >= 4 is 0 Å². The number of aromatic nitrogens is 2. The van der Waals surface area contributed by atoms with Crippen molar-refractivity contribution in [1.82, 2.24) is 9.78 Å². The quantitative estimate of drug-likeness (QED) is 0.661. The standard InChI is InChI=1S/C17H33N3/c1-5-8-9-10-11-12-20-17(7-3)15(13-14(4)18)16(6-2)19-20/h14H,5-13,18H2,1-4H3. The van der Waals surface area contributed by atoms with Crippen LogP contribution in [-0.4, -0.2) is 15.8 Å². The molecule has 0 amide bonds. The lowest BCUT2D eigenvalue weighted by Crippen LogP contribution is -2.19. The first kappa shape index (κ1) is 17.2. The van der Waals surface area contributed by atoms with E-state index in [0.29, 0.717) is 0 Å². The van der Waals surface area contributed by atoms with Crippen LogP contribution in [0.1, 0.15) is 76.8 Å². The Morgan fingerprint density at radius 3 is 2.30 bits per heavy atom. The van der Waals surface area contributed by atoms with E-state index in [0.717, 1.165) is 25.8 Å². The number of aryl methyl sites for hydroxylation is 2. The van der Waals surface area contributed by atoms with E-state index in [9.17, 15) is 0 Å². The Kier molecular flexibility index (Phi) is 7.90. The van der Waals surface area contributed by atoms with Gasteiger partial charge in [0, 0.05) is 18.3 Å². The summed E-state index contributed by atoms with van der Waals surface area (Å²) in [7, 11) is 0. The largest absolute Gasteiger partial charge is 0.328 e. The highest BCUT2D eigenvalue weighted by molar-refractivity contribution is 5.27. The van der Waals surface area contributed by atoms with Gasteiger partial charge in [0.25, 0.3) is 0 Å². The second kappa shape index (κ2) is 9.17. The van der Waals surface area contributed by atoms with Gasteiger partial charge in [-0.05, 0) is 38.2 Å². The molecule has 116 valence electrons. The van der Waals surface area contributed by atoms with Crippen LogP contribution in [0, 0.1) is 0 Å². The first-order chi connectivity index (χ1) is 9.63. The van der Waals surface area contributed by atoms with Crippen LogP contribution in [0.3, 0.4) is 0 Å². The molecule has 1 aromatic rings. The molecule has 0 aromatic carbocycles. The molecule has 2 N–H and O–H groups in total. The van der Waals surface area contributed by atoms with E-state index >= 15 is 0 Å². The fourth-order valence-electron chi connectivity index (χ4n) is 2.88. The highest BCUT2D eigenvalue weighted by Gasteiger charge is 2.16. The van der Waals surface area contributed by atoms with Crippen LogP contribution >= 0.6 is 0 Å². The molecule has 0 aliphatic rings. The SMILES string of the molecule is CCCCCCCn1nc(CC)c(CC(C)N)c1CC. The molecular formula is C17H33N3. The molecule has 0 aliphatic carbocycles. The lowest BCUT2D eigenvalue weighted by Gasteiger charge is -2.09. The van der Waals surface area contributed by atoms with Gasteiger partial charge in [0.1, 0.15) is 0 Å². The maximum absolute atomic E-state index is 6.00. The number of nitrogens with two attached hydrogens (primary N) is 1. The normalized spacial score (nSPS) is 12.8. The lowest BCUT2D eigenvalue weighted by atomic mass is 10.0. The van der Waals surface area contributed by atoms with Crippen LogP contribution in [0.5, 0.6) is 0 Å². The molecule has 1 atom stereocenters. The van der Waals surface area contributed by atoms with Crippen molar-refractivity contribution in [2.24, 2.45) is 5.73 Å². The highest BCUT2D eigenvalue weighted by atomic mass is 15.3. The van der Waals surface area contributed by atoms with Crippen LogP contribution in [0.2, 0.25) is 0 Å². The minimum absolute atomic E-state index is 0.216. The third-order valence-corrected chi connectivity index (χ3v) is 3.92. The molecule has 1 rings (SSSR count). The Bertz CT molecular complexity index is 380. The van der Waals surface area contributed by atoms with E-state index < -0.39 is 0 Å². The van der Waals surface area contributed by atoms with Crippen molar-refractivity contribution in [1.29, 1.82) is 0 Å². The minimum atomic E-state index is 0.216. The van der Waals surface area contributed by atoms with Gasteiger partial charge < -0.3 is 5.73 Å². The Hall–Kier alpha value is -0.830. The van der Waals surface area contributed by atoms with E-state index in [1.807, 2.05) is 0 Å². The van der Waals surface area contributed by atoms with Gasteiger partial charge >= 0.3 is 0 Å². The Labute approximate surface area is 124 Å². The van der Waals surface area contributed by atoms with Gasteiger partial charge in [-0.3, -0.25) is 4.68 Å². The summed E-state index contributed by atoms with van der Waals surface area (Å²) >= 11 is 0. The summed E-state index contributed by atoms with van der Waals surface area (Å²) < 4.78 is 2.25. The minimum Gasteiger partial charge on any atom is -0.328 e. The third kappa shape index (κ3) is 4.93. The van der Waals surface area contributed by atoms with Gasteiger partial charge in [-0.15, -0.1) is 0 Å². The molecule has 1 heterocycles. The number of nitrogens with zero attached hydrogens (tertiary/aromatic N) is 2. The van der Waals surface area contributed by atoms with E-state index in [4.69, 9.17) is 10.8 Å². The molecule has 0 radical (unpaired) electrons. The maximum atomic E-state index is 6.00. The van der Waals surface area contributed by atoms with Gasteiger partial charge in [0.15, 0.2) is 0 Å². The number of hydrogen-bond donors (Lipinski definition) is 1. The van der Waals surface area contributed by atoms with Gasteiger partial charge in [-0.25, -0.2) is 0 Å². The average Bonchev–Trinajstić information content (AvgIpc) is 2.74. The predicted molar refractivity (Wildman–Crippen MR) is 87.1 cm³/mol. The second-order valence-electron chi connectivity index (χ2n) is 5.90. The monoisotopic (exact) mass is 279 g/mol. The summed E-state index contributed by atoms with van der Waals surface area (Å²) in [6.07, 6.45) is 9.61. The van der Waals surface area contributed by atoms with E-state index in [1.54, 1.807) is 0 Å². The molecule has 3 nitrogen and oxygen atoms in total. The van der Waals surface area contributed by atoms with Crippen molar-refractivity contribution in [3.05, 3.63) is 17.0 Å². The van der Waals surface area contributed by atoms with Crippen LogP contribution in [-0.2, 0) is 25.8 Å². The van der Waals surface area contributed by atoms with Gasteiger partial charge in [0.2, 0.25) is 0 Å². The highest BCUT2D eigenvalue weighted by Crippen LogP contribution is 2.19. The summed E-state index contributed by atoms with van der Waals surface area (Å²) in [5.41, 5.74) is 10.1. The Morgan fingerprint density at radius 2 is 1.75 bits per heavy atom. The topological polar surface area (TPSA) is 43.8 Å². The van der Waals surface area contributed by atoms with Crippen molar-refractivity contribution in [3.63, 3.8) is 0 Å². The van der Waals surface area contributed by atoms with Crippen molar-refractivity contribution in [3.8, 4) is 0 Å². The molecule has 1 unspecified atom stereocenters. The van der Waals surface area contributed by atoms with E-state index in [-0.39, 0.29) is 6.04 Å². The van der Waals surface area contributed by atoms with Crippen molar-refractivity contribution < 1.29 is 0 Å². The van der Waals surface area contributed by atoms with Gasteiger partial charge in [-0.1, -0.05) is 46.5 Å². The van der Waals surface area contributed by atoms with E-state index in [1.165, 1.54) is 49.1 Å². The molecular weight excluding hydrogens is 246 g/mol. The summed E-state index contributed by atoms with van der Waals surface area (Å²) in [5.74, 6) is 0. The first-order valence-electron chi connectivity index (χ1n) is 8.46. The average molecular weight is 279 g/mol. The van der Waals surface area contributed by atoms with Crippen LogP contribution in [0.4, 0.5) is 0 Å². The lowest BCUT2D eigenvalue weighted by molar-refractivity contribution is 0.515. The predicted octanol–water partition coefficient (Wildman–Crippen LogP) is 3.87. The molecule has 20 heavy (non-hydrogen) atoms. The van der Waals surface area contributed by atoms with Gasteiger partial charge in [-0.2, -0.15) is 5.10 Å². The first-order valence-corrected chi connectivity index (χ1v) is 8.46. The third-order valence-electron chi connectivity index (χ3n) is 3.92. The number of unbranched alkanes of at least 4 members (excludes halogenated alkanes) is 4. The van der Waals surface area contributed by atoms with Crippen LogP contribution in [0.15, 0.2) is 0 Å². The van der Waals surface area contributed by atoms with Crippen molar-refractivity contribution in [2.75, 3.05) is 0 Å². The number of hydrogen-bond acceptors (Lipinski definition) is 2. The molecule has 3 heteroatoms. The molecule has 0 spiro atoms.